The highest BCUT2D eigenvalue weighted by Gasteiger charge is 2.20. The molecule has 0 spiro atoms. The summed E-state index contributed by atoms with van der Waals surface area (Å²) in [6, 6.07) is 17.9. The van der Waals surface area contributed by atoms with Gasteiger partial charge in [0.1, 0.15) is 11.6 Å². The monoisotopic (exact) mass is 472 g/mol. The summed E-state index contributed by atoms with van der Waals surface area (Å²) in [4.78, 5) is 26.0. The number of methoxy groups -OCH3 is 1. The number of amides is 2. The van der Waals surface area contributed by atoms with Crippen LogP contribution < -0.4 is 15.4 Å². The highest BCUT2D eigenvalue weighted by atomic mass is 35.5. The molecule has 1 unspecified atom stereocenters. The Kier molecular flexibility index (Phi) is 8.14. The Morgan fingerprint density at radius 2 is 1.84 bits per heavy atom. The molecule has 0 aliphatic heterocycles. The number of carbonyl (C=O) groups excluding carboxylic acids is 2. The van der Waals surface area contributed by atoms with E-state index in [1.807, 2.05) is 13.0 Å². The molecular weight excluding hydrogens is 451 g/mol. The fourth-order valence-corrected chi connectivity index (χ4v) is 4.15. The first-order valence-corrected chi connectivity index (χ1v) is 11.1. The third-order valence-electron chi connectivity index (χ3n) is 4.57. The summed E-state index contributed by atoms with van der Waals surface area (Å²) in [6.45, 7) is 1.91. The molecule has 166 valence electrons. The second-order valence-electron chi connectivity index (χ2n) is 6.81. The summed E-state index contributed by atoms with van der Waals surface area (Å²) >= 11 is 7.41. The summed E-state index contributed by atoms with van der Waals surface area (Å²) in [5.41, 5.74) is 0.969. The van der Waals surface area contributed by atoms with Gasteiger partial charge in [-0.15, -0.1) is 11.8 Å². The van der Waals surface area contributed by atoms with Crippen LogP contribution in [0, 0.1) is 5.82 Å². The van der Waals surface area contributed by atoms with Gasteiger partial charge in [0.2, 0.25) is 5.91 Å². The van der Waals surface area contributed by atoms with Crippen LogP contribution in [0.4, 0.5) is 15.8 Å². The molecule has 3 aromatic carbocycles. The number of ether oxygens (including phenoxy) is 1. The molecule has 0 saturated heterocycles. The third kappa shape index (κ3) is 6.02. The van der Waals surface area contributed by atoms with Crippen LogP contribution in [-0.4, -0.2) is 24.2 Å². The van der Waals surface area contributed by atoms with Crippen molar-refractivity contribution in [1.29, 1.82) is 0 Å². The van der Waals surface area contributed by atoms with Gasteiger partial charge in [0.15, 0.2) is 0 Å². The van der Waals surface area contributed by atoms with E-state index in [0.29, 0.717) is 28.6 Å². The highest BCUT2D eigenvalue weighted by molar-refractivity contribution is 8.00. The average Bonchev–Trinajstić information content (AvgIpc) is 2.78. The number of carbonyl (C=O) groups is 2. The molecule has 0 aliphatic rings. The fraction of sp³-hybridized carbons (Fsp3) is 0.167. The molecule has 0 aliphatic carbocycles. The quantitative estimate of drug-likeness (QED) is 0.380. The van der Waals surface area contributed by atoms with E-state index < -0.39 is 17.0 Å². The third-order valence-corrected chi connectivity index (χ3v) is 6.16. The zero-order chi connectivity index (χ0) is 23.1. The molecule has 3 rings (SSSR count). The first-order valence-electron chi connectivity index (χ1n) is 9.88. The zero-order valence-corrected chi connectivity index (χ0v) is 19.1. The van der Waals surface area contributed by atoms with Gasteiger partial charge >= 0.3 is 0 Å². The van der Waals surface area contributed by atoms with Crippen LogP contribution in [0.2, 0.25) is 5.02 Å². The van der Waals surface area contributed by atoms with Gasteiger partial charge in [0.25, 0.3) is 5.91 Å². The lowest BCUT2D eigenvalue weighted by atomic mass is 10.2. The summed E-state index contributed by atoms with van der Waals surface area (Å²) in [6.07, 6.45) is 0.575. The van der Waals surface area contributed by atoms with Crippen LogP contribution in [-0.2, 0) is 4.79 Å². The van der Waals surface area contributed by atoms with Gasteiger partial charge in [0, 0.05) is 15.6 Å². The van der Waals surface area contributed by atoms with Gasteiger partial charge in [-0.25, -0.2) is 4.39 Å². The Labute approximate surface area is 195 Å². The maximum Gasteiger partial charge on any atom is 0.258 e. The van der Waals surface area contributed by atoms with Crippen LogP contribution in [0.25, 0.3) is 0 Å². The smallest absolute Gasteiger partial charge is 0.258 e. The van der Waals surface area contributed by atoms with Crippen molar-refractivity contribution in [3.05, 3.63) is 83.1 Å². The second-order valence-corrected chi connectivity index (χ2v) is 8.52. The molecular formula is C24H22ClFN2O3S. The number of rotatable bonds is 8. The average molecular weight is 473 g/mol. The standard InChI is InChI=1S/C24H22ClFN2O3S/c1-3-22(24(30)28-20-13-15(25)11-12-21(20)31-2)32-17-8-6-7-16(14-17)27-23(29)18-9-4-5-10-19(18)26/h4-14,22H,3H2,1-2H3,(H,27,29)(H,28,30). The predicted octanol–water partition coefficient (Wildman–Crippen LogP) is 6.25. The van der Waals surface area contributed by atoms with Crippen molar-refractivity contribution >= 4 is 46.6 Å². The van der Waals surface area contributed by atoms with Crippen molar-refractivity contribution in [2.45, 2.75) is 23.5 Å². The van der Waals surface area contributed by atoms with Crippen molar-refractivity contribution in [2.24, 2.45) is 0 Å². The maximum atomic E-state index is 13.9. The Hall–Kier alpha value is -3.03. The van der Waals surface area contributed by atoms with Crippen molar-refractivity contribution in [1.82, 2.24) is 0 Å². The Bertz CT molecular complexity index is 1130. The molecule has 32 heavy (non-hydrogen) atoms. The fourth-order valence-electron chi connectivity index (χ4n) is 2.97. The van der Waals surface area contributed by atoms with E-state index in [4.69, 9.17) is 16.3 Å². The number of hydrogen-bond acceptors (Lipinski definition) is 4. The van der Waals surface area contributed by atoms with E-state index in [2.05, 4.69) is 10.6 Å². The minimum absolute atomic E-state index is 0.0353. The van der Waals surface area contributed by atoms with Gasteiger partial charge in [-0.2, -0.15) is 0 Å². The normalized spacial score (nSPS) is 11.5. The number of hydrogen-bond donors (Lipinski definition) is 2. The summed E-state index contributed by atoms with van der Waals surface area (Å²) in [7, 11) is 1.52. The number of thioether (sulfide) groups is 1. The van der Waals surface area contributed by atoms with E-state index in [1.54, 1.807) is 42.5 Å². The molecule has 0 radical (unpaired) electrons. The minimum atomic E-state index is -0.588. The van der Waals surface area contributed by atoms with Crippen molar-refractivity contribution in [3.8, 4) is 5.75 Å². The summed E-state index contributed by atoms with van der Waals surface area (Å²) < 4.78 is 19.1. The minimum Gasteiger partial charge on any atom is -0.495 e. The molecule has 5 nitrogen and oxygen atoms in total. The maximum absolute atomic E-state index is 13.9. The summed E-state index contributed by atoms with van der Waals surface area (Å²) in [5.74, 6) is -0.808. The Morgan fingerprint density at radius 1 is 1.06 bits per heavy atom. The molecule has 0 aromatic heterocycles. The van der Waals surface area contributed by atoms with Crippen molar-refractivity contribution in [3.63, 3.8) is 0 Å². The van der Waals surface area contributed by atoms with Gasteiger partial charge in [-0.1, -0.05) is 36.7 Å². The molecule has 3 aromatic rings. The lowest BCUT2D eigenvalue weighted by Crippen LogP contribution is -2.24. The number of nitrogens with one attached hydrogen (secondary N) is 2. The Balaban J connectivity index is 1.70. The van der Waals surface area contributed by atoms with Crippen LogP contribution >= 0.6 is 23.4 Å². The van der Waals surface area contributed by atoms with Gasteiger partial charge in [0.05, 0.1) is 23.6 Å². The molecule has 2 amide bonds. The lowest BCUT2D eigenvalue weighted by molar-refractivity contribution is -0.115. The summed E-state index contributed by atoms with van der Waals surface area (Å²) in [5, 5.41) is 5.66. The van der Waals surface area contributed by atoms with Gasteiger partial charge in [-0.05, 0) is 55.0 Å². The number of benzene rings is 3. The van der Waals surface area contributed by atoms with Crippen LogP contribution in [0.15, 0.2) is 71.6 Å². The van der Waals surface area contributed by atoms with Crippen LogP contribution in [0.3, 0.4) is 0 Å². The first kappa shape index (κ1) is 23.6. The number of anilines is 2. The molecule has 0 bridgehead atoms. The van der Waals surface area contributed by atoms with Crippen LogP contribution in [0.5, 0.6) is 5.75 Å². The molecule has 2 N–H and O–H groups in total. The topological polar surface area (TPSA) is 67.4 Å². The predicted molar refractivity (Wildman–Crippen MR) is 127 cm³/mol. The van der Waals surface area contributed by atoms with Crippen molar-refractivity contribution in [2.75, 3.05) is 17.7 Å². The molecule has 0 fully saturated rings. The van der Waals surface area contributed by atoms with Gasteiger partial charge < -0.3 is 15.4 Å². The second kappa shape index (κ2) is 11.0. The zero-order valence-electron chi connectivity index (χ0n) is 17.5. The molecule has 1 atom stereocenters. The molecule has 0 saturated carbocycles. The van der Waals surface area contributed by atoms with E-state index in [1.165, 1.54) is 37.1 Å². The van der Waals surface area contributed by atoms with E-state index in [-0.39, 0.29) is 11.5 Å². The number of halogens is 2. The van der Waals surface area contributed by atoms with E-state index in [9.17, 15) is 14.0 Å². The molecule has 0 heterocycles. The largest absolute Gasteiger partial charge is 0.495 e. The Morgan fingerprint density at radius 3 is 2.56 bits per heavy atom. The van der Waals surface area contributed by atoms with E-state index >= 15 is 0 Å². The van der Waals surface area contributed by atoms with Crippen LogP contribution in [0.1, 0.15) is 23.7 Å². The lowest BCUT2D eigenvalue weighted by Gasteiger charge is -2.17. The first-order chi connectivity index (χ1) is 15.4. The van der Waals surface area contributed by atoms with E-state index in [0.717, 1.165) is 4.90 Å². The highest BCUT2D eigenvalue weighted by Crippen LogP contribution is 2.31. The SMILES string of the molecule is CCC(Sc1cccc(NC(=O)c2ccccc2F)c1)C(=O)Nc1cc(Cl)ccc1OC. The van der Waals surface area contributed by atoms with Crippen molar-refractivity contribution < 1.29 is 18.7 Å². The molecule has 8 heteroatoms. The van der Waals surface area contributed by atoms with Gasteiger partial charge in [-0.3, -0.25) is 9.59 Å².